The van der Waals surface area contributed by atoms with Crippen LogP contribution in [0.5, 0.6) is 0 Å². The molecule has 0 aliphatic heterocycles. The summed E-state index contributed by atoms with van der Waals surface area (Å²) >= 11 is 0. The van der Waals surface area contributed by atoms with Gasteiger partial charge in [0.05, 0.1) is 11.8 Å². The Labute approximate surface area is 113 Å². The second-order valence-corrected chi connectivity index (χ2v) is 5.17. The minimum atomic E-state index is 0.251. The van der Waals surface area contributed by atoms with Gasteiger partial charge in [-0.1, -0.05) is 18.5 Å². The molecule has 0 saturated heterocycles. The van der Waals surface area contributed by atoms with Crippen molar-refractivity contribution in [1.82, 2.24) is 19.9 Å². The number of nitrogens with zero attached hydrogens (tertiary/aromatic N) is 4. The molecule has 0 fully saturated rings. The van der Waals surface area contributed by atoms with Crippen LogP contribution in [-0.4, -0.2) is 26.0 Å². The van der Waals surface area contributed by atoms with Crippen molar-refractivity contribution in [2.75, 3.05) is 0 Å². The van der Waals surface area contributed by atoms with E-state index in [1.165, 1.54) is 0 Å². The highest BCUT2D eigenvalue weighted by Gasteiger charge is 2.15. The summed E-state index contributed by atoms with van der Waals surface area (Å²) in [4.78, 5) is 4.43. The number of rotatable bonds is 6. The average molecular weight is 263 g/mol. The minimum Gasteiger partial charge on any atom is -0.339 e. The normalized spacial score (nSPS) is 14.5. The van der Waals surface area contributed by atoms with Gasteiger partial charge in [-0.05, 0) is 19.8 Å². The van der Waals surface area contributed by atoms with Gasteiger partial charge >= 0.3 is 0 Å². The van der Waals surface area contributed by atoms with Gasteiger partial charge in [-0.3, -0.25) is 4.68 Å². The van der Waals surface area contributed by atoms with Crippen LogP contribution in [0.4, 0.5) is 0 Å². The lowest BCUT2D eigenvalue weighted by molar-refractivity contribution is 0.350. The van der Waals surface area contributed by atoms with Crippen LogP contribution in [0, 0.1) is 0 Å². The third kappa shape index (κ3) is 3.64. The van der Waals surface area contributed by atoms with E-state index in [4.69, 9.17) is 10.3 Å². The van der Waals surface area contributed by atoms with Crippen LogP contribution in [0.1, 0.15) is 44.9 Å². The molecule has 0 spiro atoms. The number of nitrogens with two attached hydrogens (primary N) is 1. The molecule has 0 bridgehead atoms. The Kier molecular flexibility index (Phi) is 4.31. The Morgan fingerprint density at radius 3 is 2.79 bits per heavy atom. The first kappa shape index (κ1) is 13.7. The molecule has 2 atom stereocenters. The van der Waals surface area contributed by atoms with Crippen molar-refractivity contribution in [3.05, 3.63) is 18.3 Å². The number of hydrogen-bond acceptors (Lipinski definition) is 5. The summed E-state index contributed by atoms with van der Waals surface area (Å²) in [6.07, 6.45) is 6.71. The summed E-state index contributed by atoms with van der Waals surface area (Å²) in [6, 6.07) is 0.251. The van der Waals surface area contributed by atoms with Crippen molar-refractivity contribution in [3.8, 4) is 11.4 Å². The van der Waals surface area contributed by atoms with Crippen molar-refractivity contribution in [2.24, 2.45) is 12.8 Å². The predicted molar refractivity (Wildman–Crippen MR) is 72.4 cm³/mol. The molecule has 2 aromatic heterocycles. The highest BCUT2D eigenvalue weighted by atomic mass is 16.5. The molecule has 104 valence electrons. The molecule has 2 rings (SSSR count). The summed E-state index contributed by atoms with van der Waals surface area (Å²) in [5, 5.41) is 8.10. The van der Waals surface area contributed by atoms with E-state index in [0.29, 0.717) is 11.7 Å². The zero-order valence-electron chi connectivity index (χ0n) is 11.7. The highest BCUT2D eigenvalue weighted by Crippen LogP contribution is 2.23. The molecule has 19 heavy (non-hydrogen) atoms. The molecule has 0 aliphatic rings. The summed E-state index contributed by atoms with van der Waals surface area (Å²) < 4.78 is 7.04. The van der Waals surface area contributed by atoms with E-state index >= 15 is 0 Å². The average Bonchev–Trinajstić information content (AvgIpc) is 2.96. The minimum absolute atomic E-state index is 0.251. The number of hydrogen-bond donors (Lipinski definition) is 1. The lowest BCUT2D eigenvalue weighted by atomic mass is 10.0. The molecule has 6 nitrogen and oxygen atoms in total. The Balaban J connectivity index is 1.96. The van der Waals surface area contributed by atoms with Gasteiger partial charge in [-0.25, -0.2) is 0 Å². The molecular formula is C13H21N5O. The standard InChI is InChI=1S/C13H21N5O/c1-9(5-4-6-10(2)14)13-16-12(17-19-13)11-7-15-18(3)8-11/h7-10H,4-6,14H2,1-3H3. The van der Waals surface area contributed by atoms with Gasteiger partial charge in [0.25, 0.3) is 0 Å². The van der Waals surface area contributed by atoms with Gasteiger partial charge in [-0.2, -0.15) is 10.1 Å². The van der Waals surface area contributed by atoms with Crippen molar-refractivity contribution < 1.29 is 4.52 Å². The fourth-order valence-corrected chi connectivity index (χ4v) is 1.96. The molecule has 0 aromatic carbocycles. The Morgan fingerprint density at radius 2 is 2.16 bits per heavy atom. The van der Waals surface area contributed by atoms with Crippen LogP contribution in [0.15, 0.2) is 16.9 Å². The van der Waals surface area contributed by atoms with Gasteiger partial charge < -0.3 is 10.3 Å². The highest BCUT2D eigenvalue weighted by molar-refractivity contribution is 5.51. The zero-order valence-corrected chi connectivity index (χ0v) is 11.7. The first-order valence-electron chi connectivity index (χ1n) is 6.64. The van der Waals surface area contributed by atoms with Gasteiger partial charge in [0.2, 0.25) is 11.7 Å². The second kappa shape index (κ2) is 5.97. The van der Waals surface area contributed by atoms with Gasteiger partial charge in [0.1, 0.15) is 0 Å². The monoisotopic (exact) mass is 263 g/mol. The fourth-order valence-electron chi connectivity index (χ4n) is 1.96. The third-order valence-corrected chi connectivity index (χ3v) is 3.12. The Bertz CT molecular complexity index is 517. The van der Waals surface area contributed by atoms with Crippen LogP contribution in [0.3, 0.4) is 0 Å². The molecular weight excluding hydrogens is 242 g/mol. The van der Waals surface area contributed by atoms with Gasteiger partial charge in [0.15, 0.2) is 0 Å². The van der Waals surface area contributed by atoms with Crippen LogP contribution in [0.2, 0.25) is 0 Å². The maximum absolute atomic E-state index is 5.74. The van der Waals surface area contributed by atoms with E-state index in [9.17, 15) is 0 Å². The fraction of sp³-hybridized carbons (Fsp3) is 0.615. The molecule has 2 N–H and O–H groups in total. The third-order valence-electron chi connectivity index (χ3n) is 3.12. The quantitative estimate of drug-likeness (QED) is 0.862. The largest absolute Gasteiger partial charge is 0.339 e. The van der Waals surface area contributed by atoms with E-state index in [1.807, 2.05) is 20.2 Å². The van der Waals surface area contributed by atoms with Crippen LogP contribution >= 0.6 is 0 Å². The van der Waals surface area contributed by atoms with Crippen molar-refractivity contribution in [1.29, 1.82) is 0 Å². The summed E-state index contributed by atoms with van der Waals surface area (Å²) in [6.45, 7) is 4.12. The van der Waals surface area contributed by atoms with Crippen molar-refractivity contribution in [2.45, 2.75) is 45.1 Å². The van der Waals surface area contributed by atoms with Crippen molar-refractivity contribution in [3.63, 3.8) is 0 Å². The molecule has 0 aliphatic carbocycles. The molecule has 0 amide bonds. The predicted octanol–water partition coefficient (Wildman–Crippen LogP) is 2.09. The molecule has 0 radical (unpaired) electrons. The Hall–Kier alpha value is -1.69. The summed E-state index contributed by atoms with van der Waals surface area (Å²) in [5.74, 6) is 1.54. The van der Waals surface area contributed by atoms with Crippen LogP contribution in [-0.2, 0) is 7.05 Å². The summed E-state index contributed by atoms with van der Waals surface area (Å²) in [7, 11) is 1.86. The van der Waals surface area contributed by atoms with E-state index in [0.717, 1.165) is 24.8 Å². The lowest BCUT2D eigenvalue weighted by Gasteiger charge is -2.07. The van der Waals surface area contributed by atoms with Crippen LogP contribution in [0.25, 0.3) is 11.4 Å². The van der Waals surface area contributed by atoms with E-state index < -0.39 is 0 Å². The first-order valence-corrected chi connectivity index (χ1v) is 6.64. The molecule has 6 heteroatoms. The van der Waals surface area contributed by atoms with Crippen molar-refractivity contribution >= 4 is 0 Å². The number of aryl methyl sites for hydroxylation is 1. The topological polar surface area (TPSA) is 82.8 Å². The zero-order chi connectivity index (χ0) is 13.8. The number of aromatic nitrogens is 4. The SMILES string of the molecule is CC(N)CCCC(C)c1nc(-c2cnn(C)c2)no1. The van der Waals surface area contributed by atoms with Crippen LogP contribution < -0.4 is 5.73 Å². The van der Waals surface area contributed by atoms with E-state index in [-0.39, 0.29) is 12.0 Å². The smallest absolute Gasteiger partial charge is 0.229 e. The van der Waals surface area contributed by atoms with Gasteiger partial charge in [-0.15, -0.1) is 0 Å². The first-order chi connectivity index (χ1) is 9.06. The van der Waals surface area contributed by atoms with E-state index in [2.05, 4.69) is 22.2 Å². The molecule has 2 unspecified atom stereocenters. The second-order valence-electron chi connectivity index (χ2n) is 5.17. The summed E-state index contributed by atoms with van der Waals surface area (Å²) in [5.41, 5.74) is 6.61. The maximum atomic E-state index is 5.74. The maximum Gasteiger partial charge on any atom is 0.229 e. The lowest BCUT2D eigenvalue weighted by Crippen LogP contribution is -2.14. The molecule has 0 saturated carbocycles. The molecule has 2 heterocycles. The van der Waals surface area contributed by atoms with E-state index in [1.54, 1.807) is 10.9 Å². The van der Waals surface area contributed by atoms with Gasteiger partial charge in [0, 0.05) is 25.2 Å². The molecule has 2 aromatic rings. The Morgan fingerprint density at radius 1 is 1.37 bits per heavy atom.